The van der Waals surface area contributed by atoms with Crippen molar-refractivity contribution in [3.05, 3.63) is 54.4 Å². The Labute approximate surface area is 215 Å². The third kappa shape index (κ3) is 6.84. The average Bonchev–Trinajstić information content (AvgIpc) is 3.43. The second-order valence-corrected chi connectivity index (χ2v) is 10.5. The maximum absolute atomic E-state index is 12.5. The summed E-state index contributed by atoms with van der Waals surface area (Å²) in [6, 6.07) is 15.4. The molecule has 194 valence electrons. The van der Waals surface area contributed by atoms with E-state index in [0.717, 1.165) is 70.2 Å². The topological polar surface area (TPSA) is 69.7 Å². The van der Waals surface area contributed by atoms with E-state index in [-0.39, 0.29) is 11.9 Å². The Kier molecular flexibility index (Phi) is 8.85. The summed E-state index contributed by atoms with van der Waals surface area (Å²) in [6.07, 6.45) is 9.71. The fraction of sp³-hybridized carbons (Fsp3) is 0.586. The first-order valence-corrected chi connectivity index (χ1v) is 13.9. The molecule has 2 N–H and O–H groups in total. The predicted molar refractivity (Wildman–Crippen MR) is 144 cm³/mol. The van der Waals surface area contributed by atoms with Crippen LogP contribution >= 0.6 is 0 Å². The molecule has 3 aliphatic rings. The van der Waals surface area contributed by atoms with E-state index < -0.39 is 0 Å². The van der Waals surface area contributed by atoms with Crippen LogP contribution in [0.25, 0.3) is 0 Å². The van der Waals surface area contributed by atoms with Crippen LogP contribution in [-0.2, 0) is 9.53 Å². The van der Waals surface area contributed by atoms with E-state index in [1.165, 1.54) is 31.4 Å². The zero-order valence-electron chi connectivity index (χ0n) is 21.4. The quantitative estimate of drug-likeness (QED) is 0.547. The van der Waals surface area contributed by atoms with Gasteiger partial charge in [-0.2, -0.15) is 0 Å². The van der Waals surface area contributed by atoms with E-state index in [1.54, 1.807) is 0 Å². The average molecular weight is 492 g/mol. The summed E-state index contributed by atoms with van der Waals surface area (Å²) < 4.78 is 5.58. The molecule has 3 fully saturated rings. The molecular formula is C29H41N5O2. The second-order valence-electron chi connectivity index (χ2n) is 10.5. The van der Waals surface area contributed by atoms with Crippen molar-refractivity contribution in [2.45, 2.75) is 57.0 Å². The number of carbonyl (C=O) groups excluding carboxylic acids is 1. The van der Waals surface area contributed by atoms with E-state index in [1.807, 2.05) is 18.3 Å². The van der Waals surface area contributed by atoms with Crippen LogP contribution in [-0.4, -0.2) is 67.8 Å². The molecule has 1 amide bonds. The SMILES string of the molecule is O=C(CC1CCCC1)Nc1cccc(N2CCC(NC[C@H](c3ccccn3)N3CCOCC3)CC2)c1. The molecule has 2 saturated heterocycles. The smallest absolute Gasteiger partial charge is 0.224 e. The number of hydrogen-bond acceptors (Lipinski definition) is 6. The third-order valence-corrected chi connectivity index (χ3v) is 8.05. The largest absolute Gasteiger partial charge is 0.379 e. The highest BCUT2D eigenvalue weighted by Crippen LogP contribution is 2.29. The van der Waals surface area contributed by atoms with Gasteiger partial charge in [-0.3, -0.25) is 14.7 Å². The third-order valence-electron chi connectivity index (χ3n) is 8.05. The van der Waals surface area contributed by atoms with Crippen LogP contribution < -0.4 is 15.5 Å². The number of nitrogens with one attached hydrogen (secondary N) is 2. The lowest BCUT2D eigenvalue weighted by molar-refractivity contribution is -0.117. The number of nitrogens with zero attached hydrogens (tertiary/aromatic N) is 3. The molecule has 1 atom stereocenters. The van der Waals surface area contributed by atoms with Crippen molar-refractivity contribution in [1.82, 2.24) is 15.2 Å². The summed E-state index contributed by atoms with van der Waals surface area (Å²) >= 11 is 0. The maximum atomic E-state index is 12.5. The first-order chi connectivity index (χ1) is 17.7. The van der Waals surface area contributed by atoms with Gasteiger partial charge in [0.1, 0.15) is 0 Å². The summed E-state index contributed by atoms with van der Waals surface area (Å²) in [4.78, 5) is 22.1. The van der Waals surface area contributed by atoms with E-state index in [0.29, 0.717) is 18.4 Å². The lowest BCUT2D eigenvalue weighted by atomic mass is 10.0. The van der Waals surface area contributed by atoms with Gasteiger partial charge < -0.3 is 20.3 Å². The second kappa shape index (κ2) is 12.7. The van der Waals surface area contributed by atoms with Crippen LogP contribution in [0, 0.1) is 5.92 Å². The first kappa shape index (κ1) is 25.2. The van der Waals surface area contributed by atoms with Crippen molar-refractivity contribution >= 4 is 17.3 Å². The Bertz CT molecular complexity index is 951. The van der Waals surface area contributed by atoms with Gasteiger partial charge in [0.05, 0.1) is 24.9 Å². The monoisotopic (exact) mass is 491 g/mol. The standard InChI is InChI=1S/C29H41N5O2/c35-29(20-23-6-1-2-7-23)32-25-8-5-9-26(21-25)33-14-11-24(12-15-33)31-22-28(27-10-3-4-13-30-27)34-16-18-36-19-17-34/h3-5,8-10,13,21,23-24,28,31H,1-2,6-7,11-12,14-20,22H2,(H,32,35)/t28-/m1/s1. The van der Waals surface area contributed by atoms with Crippen molar-refractivity contribution in [3.63, 3.8) is 0 Å². The molecule has 1 saturated carbocycles. The Hall–Kier alpha value is -2.48. The van der Waals surface area contributed by atoms with Gasteiger partial charge in [0.2, 0.25) is 5.91 Å². The minimum atomic E-state index is 0.157. The first-order valence-electron chi connectivity index (χ1n) is 13.9. The number of rotatable bonds is 9. The lowest BCUT2D eigenvalue weighted by Crippen LogP contribution is -2.47. The number of hydrogen-bond donors (Lipinski definition) is 2. The van der Waals surface area contributed by atoms with E-state index in [4.69, 9.17) is 4.74 Å². The van der Waals surface area contributed by atoms with Gasteiger partial charge in [0, 0.05) is 62.8 Å². The number of pyridine rings is 1. The number of benzene rings is 1. The maximum Gasteiger partial charge on any atom is 0.224 e. The molecule has 1 aromatic carbocycles. The van der Waals surface area contributed by atoms with E-state index >= 15 is 0 Å². The van der Waals surface area contributed by atoms with Gasteiger partial charge in [-0.05, 0) is 61.9 Å². The molecule has 1 aromatic heterocycles. The molecular weight excluding hydrogens is 450 g/mol. The normalized spacial score (nSPS) is 20.9. The number of carbonyl (C=O) groups is 1. The fourth-order valence-corrected chi connectivity index (χ4v) is 5.97. The van der Waals surface area contributed by atoms with Crippen LogP contribution in [0.1, 0.15) is 56.7 Å². The van der Waals surface area contributed by atoms with Gasteiger partial charge in [0.15, 0.2) is 0 Å². The number of aromatic nitrogens is 1. The van der Waals surface area contributed by atoms with Crippen LogP contribution in [0.15, 0.2) is 48.7 Å². The molecule has 2 aliphatic heterocycles. The summed E-state index contributed by atoms with van der Waals surface area (Å²) in [7, 11) is 0. The summed E-state index contributed by atoms with van der Waals surface area (Å²) in [6.45, 7) is 6.43. The van der Waals surface area contributed by atoms with Crippen LogP contribution in [0.5, 0.6) is 0 Å². The molecule has 5 rings (SSSR count). The number of amides is 1. The van der Waals surface area contributed by atoms with Crippen molar-refractivity contribution in [3.8, 4) is 0 Å². The lowest BCUT2D eigenvalue weighted by Gasteiger charge is -2.37. The molecule has 0 radical (unpaired) electrons. The van der Waals surface area contributed by atoms with Crippen molar-refractivity contribution < 1.29 is 9.53 Å². The zero-order valence-corrected chi connectivity index (χ0v) is 21.4. The summed E-state index contributed by atoms with van der Waals surface area (Å²) in [5.74, 6) is 0.727. The summed E-state index contributed by atoms with van der Waals surface area (Å²) in [5.41, 5.74) is 3.25. The van der Waals surface area contributed by atoms with Crippen molar-refractivity contribution in [2.75, 3.05) is 56.2 Å². The van der Waals surface area contributed by atoms with Gasteiger partial charge >= 0.3 is 0 Å². The Morgan fingerprint density at radius 1 is 1.00 bits per heavy atom. The molecule has 3 heterocycles. The summed E-state index contributed by atoms with van der Waals surface area (Å²) in [5, 5.41) is 6.99. The highest BCUT2D eigenvalue weighted by Gasteiger charge is 2.26. The highest BCUT2D eigenvalue weighted by molar-refractivity contribution is 5.91. The zero-order chi connectivity index (χ0) is 24.6. The predicted octanol–water partition coefficient (Wildman–Crippen LogP) is 4.23. The number of morpholine rings is 1. The fourth-order valence-electron chi connectivity index (χ4n) is 5.97. The molecule has 0 unspecified atom stereocenters. The number of piperidine rings is 1. The van der Waals surface area contributed by atoms with Crippen LogP contribution in [0.3, 0.4) is 0 Å². The van der Waals surface area contributed by atoms with E-state index in [2.05, 4.69) is 55.7 Å². The van der Waals surface area contributed by atoms with Crippen LogP contribution in [0.4, 0.5) is 11.4 Å². The molecule has 0 spiro atoms. The number of ether oxygens (including phenoxy) is 1. The molecule has 0 bridgehead atoms. The molecule has 1 aliphatic carbocycles. The number of anilines is 2. The Balaban J connectivity index is 1.11. The van der Waals surface area contributed by atoms with Gasteiger partial charge in [-0.25, -0.2) is 0 Å². The Morgan fingerprint density at radius 2 is 1.81 bits per heavy atom. The molecule has 2 aromatic rings. The van der Waals surface area contributed by atoms with Gasteiger partial charge in [-0.1, -0.05) is 25.0 Å². The minimum absolute atomic E-state index is 0.157. The van der Waals surface area contributed by atoms with Crippen molar-refractivity contribution in [1.29, 1.82) is 0 Å². The highest BCUT2D eigenvalue weighted by atomic mass is 16.5. The molecule has 7 heteroatoms. The Morgan fingerprint density at radius 3 is 2.56 bits per heavy atom. The van der Waals surface area contributed by atoms with Gasteiger partial charge in [-0.15, -0.1) is 0 Å². The van der Waals surface area contributed by atoms with E-state index in [9.17, 15) is 4.79 Å². The van der Waals surface area contributed by atoms with Crippen molar-refractivity contribution in [2.24, 2.45) is 5.92 Å². The molecule has 36 heavy (non-hydrogen) atoms. The van der Waals surface area contributed by atoms with Crippen LogP contribution in [0.2, 0.25) is 0 Å². The minimum Gasteiger partial charge on any atom is -0.379 e. The molecule has 7 nitrogen and oxygen atoms in total. The van der Waals surface area contributed by atoms with Gasteiger partial charge in [0.25, 0.3) is 0 Å².